The van der Waals surface area contributed by atoms with Gasteiger partial charge in [-0.2, -0.15) is 0 Å². The number of nitrogens with one attached hydrogen (secondary N) is 1. The number of nitrogens with zero attached hydrogens (tertiary/aromatic N) is 1. The first-order chi connectivity index (χ1) is 10.1. The molecule has 1 fully saturated rings. The van der Waals surface area contributed by atoms with Gasteiger partial charge >= 0.3 is 0 Å². The monoisotopic (exact) mass is 284 g/mol. The van der Waals surface area contributed by atoms with Crippen LogP contribution in [0.2, 0.25) is 0 Å². The predicted octanol–water partition coefficient (Wildman–Crippen LogP) is 4.21. The average Bonchev–Trinajstić information content (AvgIpc) is 3.12. The van der Waals surface area contributed by atoms with Crippen LogP contribution >= 0.6 is 0 Å². The van der Waals surface area contributed by atoms with E-state index in [4.69, 9.17) is 0 Å². The summed E-state index contributed by atoms with van der Waals surface area (Å²) in [6, 6.07) is 10.5. The molecule has 3 nitrogen and oxygen atoms in total. The van der Waals surface area contributed by atoms with E-state index in [2.05, 4.69) is 23.7 Å². The number of hydrogen-bond donors (Lipinski definition) is 1. The molecule has 0 bridgehead atoms. The number of hydrogen-bond acceptors (Lipinski definition) is 1. The van der Waals surface area contributed by atoms with Gasteiger partial charge in [0.25, 0.3) is 5.91 Å². The molecule has 0 radical (unpaired) electrons. The third-order valence-corrected chi connectivity index (χ3v) is 4.35. The highest BCUT2D eigenvalue weighted by Crippen LogP contribution is 2.26. The number of fused-ring (bicyclic) bond motifs is 1. The first kappa shape index (κ1) is 14.2. The summed E-state index contributed by atoms with van der Waals surface area (Å²) in [4.78, 5) is 18.3. The van der Waals surface area contributed by atoms with Gasteiger partial charge in [-0.3, -0.25) is 4.79 Å². The van der Waals surface area contributed by atoms with Gasteiger partial charge in [-0.05, 0) is 30.9 Å². The Morgan fingerprint density at radius 1 is 1.29 bits per heavy atom. The van der Waals surface area contributed by atoms with Crippen molar-refractivity contribution in [2.75, 3.05) is 6.54 Å². The van der Waals surface area contributed by atoms with Gasteiger partial charge in [0.15, 0.2) is 0 Å². The third-order valence-electron chi connectivity index (χ3n) is 4.35. The molecule has 3 rings (SSSR count). The highest BCUT2D eigenvalue weighted by Gasteiger charge is 2.28. The Morgan fingerprint density at radius 3 is 2.67 bits per heavy atom. The Hall–Kier alpha value is -1.77. The summed E-state index contributed by atoms with van der Waals surface area (Å²) in [6.07, 6.45) is 4.80. The summed E-state index contributed by atoms with van der Waals surface area (Å²) in [7, 11) is 0. The molecule has 1 aromatic carbocycles. The van der Waals surface area contributed by atoms with E-state index < -0.39 is 0 Å². The number of aromatic nitrogens is 1. The molecule has 3 heteroatoms. The van der Waals surface area contributed by atoms with Crippen LogP contribution < -0.4 is 0 Å². The van der Waals surface area contributed by atoms with Crippen molar-refractivity contribution in [1.29, 1.82) is 0 Å². The molecule has 1 saturated carbocycles. The highest BCUT2D eigenvalue weighted by atomic mass is 16.2. The number of amides is 1. The van der Waals surface area contributed by atoms with Crippen molar-refractivity contribution in [2.24, 2.45) is 5.92 Å². The molecule has 2 aromatic rings. The van der Waals surface area contributed by atoms with Gasteiger partial charge < -0.3 is 9.88 Å². The number of aromatic amines is 1. The topological polar surface area (TPSA) is 36.1 Å². The summed E-state index contributed by atoms with van der Waals surface area (Å²) in [6.45, 7) is 5.21. The van der Waals surface area contributed by atoms with E-state index in [0.717, 1.165) is 36.0 Å². The normalized spacial score (nSPS) is 16.0. The van der Waals surface area contributed by atoms with E-state index in [1.807, 2.05) is 30.3 Å². The fourth-order valence-corrected chi connectivity index (χ4v) is 3.35. The molecule has 112 valence electrons. The van der Waals surface area contributed by atoms with Crippen LogP contribution in [0.1, 0.15) is 50.0 Å². The average molecular weight is 284 g/mol. The molecule has 0 atom stereocenters. The van der Waals surface area contributed by atoms with Crippen LogP contribution in [-0.2, 0) is 0 Å². The van der Waals surface area contributed by atoms with E-state index >= 15 is 0 Å². The largest absolute Gasteiger partial charge is 0.351 e. The molecular weight excluding hydrogens is 260 g/mol. The van der Waals surface area contributed by atoms with Crippen LogP contribution in [-0.4, -0.2) is 28.4 Å². The minimum Gasteiger partial charge on any atom is -0.351 e. The number of carbonyl (C=O) groups is 1. The van der Waals surface area contributed by atoms with Crippen LogP contribution in [0.4, 0.5) is 0 Å². The van der Waals surface area contributed by atoms with E-state index in [1.165, 1.54) is 12.8 Å². The molecule has 0 spiro atoms. The number of para-hydroxylation sites is 1. The van der Waals surface area contributed by atoms with Crippen molar-refractivity contribution in [2.45, 2.75) is 45.6 Å². The SMILES string of the molecule is CC(C)CN(C(=O)c1cc2ccccc2[nH]1)C1CCCC1. The molecule has 0 unspecified atom stereocenters. The highest BCUT2D eigenvalue weighted by molar-refractivity contribution is 5.98. The first-order valence-electron chi connectivity index (χ1n) is 8.04. The minimum atomic E-state index is 0.159. The van der Waals surface area contributed by atoms with Gasteiger partial charge in [0.05, 0.1) is 0 Å². The number of rotatable bonds is 4. The maximum absolute atomic E-state index is 12.9. The zero-order chi connectivity index (χ0) is 14.8. The van der Waals surface area contributed by atoms with Crippen molar-refractivity contribution in [3.05, 3.63) is 36.0 Å². The molecule has 1 aliphatic rings. The van der Waals surface area contributed by atoms with Gasteiger partial charge in [0.1, 0.15) is 5.69 Å². The Kier molecular flexibility index (Phi) is 4.00. The zero-order valence-corrected chi connectivity index (χ0v) is 12.9. The molecule has 1 heterocycles. The minimum absolute atomic E-state index is 0.159. The predicted molar refractivity (Wildman–Crippen MR) is 86.4 cm³/mol. The number of benzene rings is 1. The van der Waals surface area contributed by atoms with Gasteiger partial charge in [-0.15, -0.1) is 0 Å². The third kappa shape index (κ3) is 2.97. The molecule has 0 aliphatic heterocycles. The first-order valence-corrected chi connectivity index (χ1v) is 8.04. The molecule has 1 aliphatic carbocycles. The van der Waals surface area contributed by atoms with E-state index in [-0.39, 0.29) is 5.91 Å². The molecule has 0 saturated heterocycles. The van der Waals surface area contributed by atoms with Crippen molar-refractivity contribution < 1.29 is 4.79 Å². The van der Waals surface area contributed by atoms with Gasteiger partial charge in [0, 0.05) is 23.5 Å². The lowest BCUT2D eigenvalue weighted by Gasteiger charge is -2.30. The summed E-state index contributed by atoms with van der Waals surface area (Å²) in [5.74, 6) is 0.658. The van der Waals surface area contributed by atoms with Gasteiger partial charge in [0.2, 0.25) is 0 Å². The Bertz CT molecular complexity index is 590. The van der Waals surface area contributed by atoms with Gasteiger partial charge in [-0.1, -0.05) is 44.9 Å². The van der Waals surface area contributed by atoms with Crippen molar-refractivity contribution in [1.82, 2.24) is 9.88 Å². The molecule has 1 amide bonds. The lowest BCUT2D eigenvalue weighted by molar-refractivity contribution is 0.0650. The second kappa shape index (κ2) is 5.92. The second-order valence-electron chi connectivity index (χ2n) is 6.56. The number of carbonyl (C=O) groups excluding carboxylic acids is 1. The fraction of sp³-hybridized carbons (Fsp3) is 0.500. The van der Waals surface area contributed by atoms with Crippen molar-refractivity contribution >= 4 is 16.8 Å². The zero-order valence-electron chi connectivity index (χ0n) is 12.9. The van der Waals surface area contributed by atoms with Crippen LogP contribution in [0.25, 0.3) is 10.9 Å². The quantitative estimate of drug-likeness (QED) is 0.897. The Balaban J connectivity index is 1.88. The number of H-pyrrole nitrogens is 1. The van der Waals surface area contributed by atoms with Crippen molar-refractivity contribution in [3.8, 4) is 0 Å². The Labute approximate surface area is 126 Å². The lowest BCUT2D eigenvalue weighted by atomic mass is 10.1. The summed E-state index contributed by atoms with van der Waals surface area (Å²) in [5, 5.41) is 1.11. The summed E-state index contributed by atoms with van der Waals surface area (Å²) in [5.41, 5.74) is 1.76. The van der Waals surface area contributed by atoms with E-state index in [0.29, 0.717) is 12.0 Å². The van der Waals surface area contributed by atoms with E-state index in [1.54, 1.807) is 0 Å². The van der Waals surface area contributed by atoms with Crippen LogP contribution in [0, 0.1) is 5.92 Å². The Morgan fingerprint density at radius 2 is 2.00 bits per heavy atom. The van der Waals surface area contributed by atoms with Crippen LogP contribution in [0.3, 0.4) is 0 Å². The maximum Gasteiger partial charge on any atom is 0.270 e. The molecular formula is C18H24N2O. The standard InChI is InChI=1S/C18H24N2O/c1-13(2)12-20(15-8-4-5-9-15)18(21)17-11-14-7-3-6-10-16(14)19-17/h3,6-7,10-11,13,15,19H,4-5,8-9,12H2,1-2H3. The summed E-state index contributed by atoms with van der Waals surface area (Å²) >= 11 is 0. The molecule has 1 aromatic heterocycles. The van der Waals surface area contributed by atoms with Crippen LogP contribution in [0.15, 0.2) is 30.3 Å². The molecule has 1 N–H and O–H groups in total. The molecule has 21 heavy (non-hydrogen) atoms. The smallest absolute Gasteiger partial charge is 0.270 e. The maximum atomic E-state index is 12.9. The van der Waals surface area contributed by atoms with E-state index in [9.17, 15) is 4.79 Å². The van der Waals surface area contributed by atoms with Gasteiger partial charge in [-0.25, -0.2) is 0 Å². The van der Waals surface area contributed by atoms with Crippen LogP contribution in [0.5, 0.6) is 0 Å². The van der Waals surface area contributed by atoms with Crippen molar-refractivity contribution in [3.63, 3.8) is 0 Å². The summed E-state index contributed by atoms with van der Waals surface area (Å²) < 4.78 is 0. The second-order valence-corrected chi connectivity index (χ2v) is 6.56. The lowest BCUT2D eigenvalue weighted by Crippen LogP contribution is -2.41. The fourth-order valence-electron chi connectivity index (χ4n) is 3.35.